The Morgan fingerprint density at radius 2 is 2.00 bits per heavy atom. The van der Waals surface area contributed by atoms with Crippen molar-refractivity contribution in [3.63, 3.8) is 0 Å². The normalized spacial score (nSPS) is 11.5. The second kappa shape index (κ2) is 9.04. The Hall–Kier alpha value is -2.09. The summed E-state index contributed by atoms with van der Waals surface area (Å²) in [5.41, 5.74) is 0.942. The molecule has 0 saturated heterocycles. The molecule has 120 valence electrons. The molecule has 1 aromatic carbocycles. The number of benzene rings is 1. The predicted octanol–water partition coefficient (Wildman–Crippen LogP) is 1.90. The van der Waals surface area contributed by atoms with Gasteiger partial charge in [0.15, 0.2) is 0 Å². The minimum absolute atomic E-state index is 0.0383. The van der Waals surface area contributed by atoms with Gasteiger partial charge in [-0.3, -0.25) is 14.9 Å². The van der Waals surface area contributed by atoms with E-state index in [1.165, 1.54) is 30.8 Å². The SMILES string of the molecule is CCOC(=O)[C@H](CSCc1ccc([N+](=O)[O-])cc1)NC(C)=O. The number of non-ortho nitro benzene ring substituents is 1. The lowest BCUT2D eigenvalue weighted by atomic mass is 10.2. The highest BCUT2D eigenvalue weighted by Crippen LogP contribution is 2.17. The van der Waals surface area contributed by atoms with Crippen molar-refractivity contribution < 1.29 is 19.2 Å². The second-order valence-electron chi connectivity index (χ2n) is 4.44. The van der Waals surface area contributed by atoms with Crippen molar-refractivity contribution in [2.45, 2.75) is 25.6 Å². The standard InChI is InChI=1S/C14H18N2O5S/c1-3-21-14(18)13(15-10(2)17)9-22-8-11-4-6-12(7-5-11)16(19)20/h4-7,13H,3,8-9H2,1-2H3,(H,15,17)/t13-/m0/s1. The number of nitro groups is 1. The van der Waals surface area contributed by atoms with E-state index in [9.17, 15) is 19.7 Å². The quantitative estimate of drug-likeness (QED) is 0.445. The van der Waals surface area contributed by atoms with Crippen LogP contribution in [0.4, 0.5) is 5.69 Å². The summed E-state index contributed by atoms with van der Waals surface area (Å²) in [7, 11) is 0. The summed E-state index contributed by atoms with van der Waals surface area (Å²) >= 11 is 1.44. The fraction of sp³-hybridized carbons (Fsp3) is 0.429. The second-order valence-corrected chi connectivity index (χ2v) is 5.47. The van der Waals surface area contributed by atoms with Crippen molar-refractivity contribution in [3.05, 3.63) is 39.9 Å². The lowest BCUT2D eigenvalue weighted by Gasteiger charge is -2.15. The van der Waals surface area contributed by atoms with E-state index in [1.807, 2.05) is 0 Å². The number of carbonyl (C=O) groups is 2. The highest BCUT2D eigenvalue weighted by molar-refractivity contribution is 7.98. The highest BCUT2D eigenvalue weighted by Gasteiger charge is 2.20. The zero-order chi connectivity index (χ0) is 16.5. The van der Waals surface area contributed by atoms with E-state index < -0.39 is 16.9 Å². The first-order chi connectivity index (χ1) is 10.4. The van der Waals surface area contributed by atoms with Gasteiger partial charge in [0.2, 0.25) is 5.91 Å². The Bertz CT molecular complexity index is 533. The summed E-state index contributed by atoms with van der Waals surface area (Å²) in [6, 6.07) is 5.52. The topological polar surface area (TPSA) is 98.5 Å². The van der Waals surface area contributed by atoms with Gasteiger partial charge >= 0.3 is 5.97 Å². The van der Waals surface area contributed by atoms with Crippen LogP contribution in [0.25, 0.3) is 0 Å². The fourth-order valence-corrected chi connectivity index (χ4v) is 2.67. The summed E-state index contributed by atoms with van der Waals surface area (Å²) < 4.78 is 4.91. The number of ether oxygens (including phenoxy) is 1. The number of esters is 1. The summed E-state index contributed by atoms with van der Waals surface area (Å²) in [5.74, 6) is 0.186. The maximum atomic E-state index is 11.7. The molecule has 1 atom stereocenters. The third kappa shape index (κ3) is 6.13. The van der Waals surface area contributed by atoms with Crippen molar-refractivity contribution in [2.24, 2.45) is 0 Å². The number of nitro benzene ring substituents is 1. The predicted molar refractivity (Wildman–Crippen MR) is 83.5 cm³/mol. The number of rotatable bonds is 8. The molecular formula is C14H18N2O5S. The zero-order valence-electron chi connectivity index (χ0n) is 12.4. The molecule has 0 aromatic heterocycles. The van der Waals surface area contributed by atoms with Crippen LogP contribution in [0.2, 0.25) is 0 Å². The molecule has 0 saturated carbocycles. The van der Waals surface area contributed by atoms with Gasteiger partial charge in [-0.15, -0.1) is 0 Å². The average molecular weight is 326 g/mol. The molecule has 1 aromatic rings. The molecule has 0 bridgehead atoms. The molecule has 0 aliphatic heterocycles. The molecule has 1 N–H and O–H groups in total. The Morgan fingerprint density at radius 3 is 2.50 bits per heavy atom. The van der Waals surface area contributed by atoms with Crippen molar-refractivity contribution in [2.75, 3.05) is 12.4 Å². The van der Waals surface area contributed by atoms with Crippen molar-refractivity contribution >= 4 is 29.3 Å². The van der Waals surface area contributed by atoms with Crippen LogP contribution in [0.15, 0.2) is 24.3 Å². The van der Waals surface area contributed by atoms with Crippen LogP contribution in [0.1, 0.15) is 19.4 Å². The number of amides is 1. The number of thioether (sulfide) groups is 1. The molecule has 22 heavy (non-hydrogen) atoms. The molecule has 7 nitrogen and oxygen atoms in total. The molecule has 0 aliphatic carbocycles. The maximum absolute atomic E-state index is 11.7. The smallest absolute Gasteiger partial charge is 0.329 e. The minimum Gasteiger partial charge on any atom is -0.464 e. The molecule has 0 aliphatic rings. The Balaban J connectivity index is 2.52. The number of nitrogens with zero attached hydrogens (tertiary/aromatic N) is 1. The largest absolute Gasteiger partial charge is 0.464 e. The summed E-state index contributed by atoms with van der Waals surface area (Å²) in [6.07, 6.45) is 0. The third-order valence-electron chi connectivity index (χ3n) is 2.65. The van der Waals surface area contributed by atoms with Crippen LogP contribution in [0.5, 0.6) is 0 Å². The molecule has 0 fully saturated rings. The summed E-state index contributed by atoms with van der Waals surface area (Å²) in [4.78, 5) is 32.9. The van der Waals surface area contributed by atoms with Crippen LogP contribution in [-0.2, 0) is 20.1 Å². The molecular weight excluding hydrogens is 308 g/mol. The monoisotopic (exact) mass is 326 g/mol. The lowest BCUT2D eigenvalue weighted by molar-refractivity contribution is -0.384. The van der Waals surface area contributed by atoms with Crippen molar-refractivity contribution in [1.82, 2.24) is 5.32 Å². The van der Waals surface area contributed by atoms with E-state index in [-0.39, 0.29) is 18.2 Å². The van der Waals surface area contributed by atoms with E-state index in [4.69, 9.17) is 4.74 Å². The minimum atomic E-state index is -0.694. The average Bonchev–Trinajstić information content (AvgIpc) is 2.46. The van der Waals surface area contributed by atoms with Gasteiger partial charge in [-0.25, -0.2) is 4.79 Å². The van der Waals surface area contributed by atoms with E-state index in [0.29, 0.717) is 11.5 Å². The molecule has 0 radical (unpaired) electrons. The Morgan fingerprint density at radius 1 is 1.36 bits per heavy atom. The summed E-state index contributed by atoms with van der Waals surface area (Å²) in [5, 5.41) is 13.1. The number of nitrogens with one attached hydrogen (secondary N) is 1. The van der Waals surface area contributed by atoms with Crippen molar-refractivity contribution in [3.8, 4) is 0 Å². The van der Waals surface area contributed by atoms with Gasteiger partial charge < -0.3 is 10.1 Å². The van der Waals surface area contributed by atoms with E-state index in [0.717, 1.165) is 5.56 Å². The van der Waals surface area contributed by atoms with Crippen LogP contribution in [-0.4, -0.2) is 35.2 Å². The van der Waals surface area contributed by atoms with Gasteiger partial charge in [-0.1, -0.05) is 12.1 Å². The van der Waals surface area contributed by atoms with Gasteiger partial charge in [0.1, 0.15) is 6.04 Å². The van der Waals surface area contributed by atoms with Gasteiger partial charge in [-0.05, 0) is 12.5 Å². The van der Waals surface area contributed by atoms with E-state index >= 15 is 0 Å². The Kier molecular flexibility index (Phi) is 7.38. The molecule has 0 unspecified atom stereocenters. The molecule has 1 amide bonds. The van der Waals surface area contributed by atoms with Gasteiger partial charge in [-0.2, -0.15) is 11.8 Å². The van der Waals surface area contributed by atoms with E-state index in [2.05, 4.69) is 5.32 Å². The van der Waals surface area contributed by atoms with Gasteiger partial charge in [0.25, 0.3) is 5.69 Å². The van der Waals surface area contributed by atoms with Crippen LogP contribution in [0.3, 0.4) is 0 Å². The van der Waals surface area contributed by atoms with Gasteiger partial charge in [0.05, 0.1) is 11.5 Å². The van der Waals surface area contributed by atoms with Gasteiger partial charge in [0, 0.05) is 30.6 Å². The first kappa shape index (κ1) is 18.0. The summed E-state index contributed by atoms with van der Waals surface area (Å²) in [6.45, 7) is 3.29. The third-order valence-corrected chi connectivity index (χ3v) is 3.76. The van der Waals surface area contributed by atoms with Crippen LogP contribution < -0.4 is 5.32 Å². The molecule has 1 rings (SSSR count). The van der Waals surface area contributed by atoms with Crippen molar-refractivity contribution in [1.29, 1.82) is 0 Å². The lowest BCUT2D eigenvalue weighted by Crippen LogP contribution is -2.42. The van der Waals surface area contributed by atoms with Crippen LogP contribution in [0, 0.1) is 10.1 Å². The zero-order valence-corrected chi connectivity index (χ0v) is 13.2. The first-order valence-corrected chi connectivity index (χ1v) is 7.84. The first-order valence-electron chi connectivity index (χ1n) is 6.68. The fourth-order valence-electron chi connectivity index (χ4n) is 1.67. The highest BCUT2D eigenvalue weighted by atomic mass is 32.2. The van der Waals surface area contributed by atoms with E-state index in [1.54, 1.807) is 19.1 Å². The molecule has 8 heteroatoms. The molecule has 0 heterocycles. The molecule has 0 spiro atoms. The number of hydrogen-bond acceptors (Lipinski definition) is 6. The maximum Gasteiger partial charge on any atom is 0.329 e. The number of hydrogen-bond donors (Lipinski definition) is 1. The Labute approximate surface area is 132 Å². The van der Waals surface area contributed by atoms with Crippen LogP contribution >= 0.6 is 11.8 Å². The number of carbonyl (C=O) groups excluding carboxylic acids is 2.